The van der Waals surface area contributed by atoms with Crippen molar-refractivity contribution in [1.82, 2.24) is 9.55 Å². The second kappa shape index (κ2) is 6.87. The highest BCUT2D eigenvalue weighted by Crippen LogP contribution is 2.41. The van der Waals surface area contributed by atoms with Gasteiger partial charge in [0.1, 0.15) is 6.61 Å². The molecule has 2 aromatic heterocycles. The lowest BCUT2D eigenvalue weighted by Crippen LogP contribution is -2.44. The largest absolute Gasteiger partial charge is 0.458 e. The zero-order valence-corrected chi connectivity index (χ0v) is 19.1. The minimum Gasteiger partial charge on any atom is -0.458 e. The van der Waals surface area contributed by atoms with Crippen LogP contribution in [0.5, 0.6) is 0 Å². The van der Waals surface area contributed by atoms with Crippen molar-refractivity contribution in [3.63, 3.8) is 0 Å². The number of carbonyl (C=O) groups excluding carboxylic acids is 1. The number of halogens is 2. The Balaban J connectivity index is 1.85. The van der Waals surface area contributed by atoms with Crippen molar-refractivity contribution >= 4 is 54.8 Å². The van der Waals surface area contributed by atoms with E-state index in [1.807, 2.05) is 30.3 Å². The average molecular weight is 532 g/mol. The maximum atomic E-state index is 13.3. The van der Waals surface area contributed by atoms with Gasteiger partial charge in [-0.2, -0.15) is 0 Å². The van der Waals surface area contributed by atoms with E-state index in [4.69, 9.17) is 9.72 Å². The third-order valence-electron chi connectivity index (χ3n) is 5.89. The zero-order chi connectivity index (χ0) is 21.2. The fourth-order valence-corrected chi connectivity index (χ4v) is 4.79. The molecule has 0 radical (unpaired) electrons. The number of esters is 1. The van der Waals surface area contributed by atoms with Crippen LogP contribution in [-0.4, -0.2) is 20.6 Å². The maximum Gasteiger partial charge on any atom is 0.343 e. The van der Waals surface area contributed by atoms with Crippen molar-refractivity contribution in [2.24, 2.45) is 0 Å². The van der Waals surface area contributed by atoms with E-state index < -0.39 is 11.6 Å². The van der Waals surface area contributed by atoms with Crippen molar-refractivity contribution in [1.29, 1.82) is 0 Å². The molecule has 4 heterocycles. The first kappa shape index (κ1) is 19.7. The van der Waals surface area contributed by atoms with Crippen LogP contribution in [0.3, 0.4) is 0 Å². The highest BCUT2D eigenvalue weighted by molar-refractivity contribution is 9.28. The number of hydrogen-bond donors (Lipinski definition) is 1. The lowest BCUT2D eigenvalue weighted by molar-refractivity contribution is -0.172. The Labute approximate surface area is 188 Å². The summed E-state index contributed by atoms with van der Waals surface area (Å²) < 4.78 is 7.54. The minimum absolute atomic E-state index is 0.115. The van der Waals surface area contributed by atoms with E-state index in [-0.39, 0.29) is 18.6 Å². The van der Waals surface area contributed by atoms with Crippen LogP contribution in [0.2, 0.25) is 0 Å². The van der Waals surface area contributed by atoms with E-state index in [2.05, 4.69) is 31.9 Å². The first-order valence-corrected chi connectivity index (χ1v) is 11.0. The van der Waals surface area contributed by atoms with Crippen LogP contribution >= 0.6 is 31.9 Å². The number of ether oxygens (including phenoxy) is 1. The fraction of sp³-hybridized carbons (Fsp3) is 0.227. The molecule has 0 fully saturated rings. The third kappa shape index (κ3) is 2.67. The van der Waals surface area contributed by atoms with Gasteiger partial charge in [0.05, 0.1) is 32.4 Å². The Morgan fingerprint density at radius 1 is 1.30 bits per heavy atom. The molecule has 30 heavy (non-hydrogen) atoms. The van der Waals surface area contributed by atoms with Crippen LogP contribution in [0.4, 0.5) is 0 Å². The summed E-state index contributed by atoms with van der Waals surface area (Å²) in [6, 6.07) is 9.52. The summed E-state index contributed by atoms with van der Waals surface area (Å²) >= 11 is 6.88. The Morgan fingerprint density at radius 2 is 2.07 bits per heavy atom. The normalized spacial score (nSPS) is 19.1. The molecule has 6 nitrogen and oxygen atoms in total. The Morgan fingerprint density at radius 3 is 2.80 bits per heavy atom. The molecule has 0 spiro atoms. The molecule has 2 aliphatic rings. The number of fused-ring (bicyclic) bond motifs is 5. The van der Waals surface area contributed by atoms with Crippen molar-refractivity contribution in [2.45, 2.75) is 32.1 Å². The first-order valence-electron chi connectivity index (χ1n) is 9.46. The van der Waals surface area contributed by atoms with Crippen LogP contribution in [0.15, 0.2) is 38.5 Å². The molecule has 1 aromatic carbocycles. The van der Waals surface area contributed by atoms with Gasteiger partial charge < -0.3 is 14.4 Å². The molecule has 5 rings (SSSR count). The molecule has 0 amide bonds. The molecule has 3 aromatic rings. The summed E-state index contributed by atoms with van der Waals surface area (Å²) in [5.74, 6) is -0.724. The summed E-state index contributed by atoms with van der Waals surface area (Å²) in [7, 11) is 0. The maximum absolute atomic E-state index is 13.3. The van der Waals surface area contributed by atoms with E-state index in [0.717, 1.165) is 25.4 Å². The summed E-state index contributed by atoms with van der Waals surface area (Å²) in [6.07, 6.45) is 2.07. The van der Waals surface area contributed by atoms with Crippen LogP contribution < -0.4 is 5.56 Å². The zero-order valence-electron chi connectivity index (χ0n) is 15.9. The van der Waals surface area contributed by atoms with Gasteiger partial charge in [-0.15, -0.1) is 0 Å². The molecule has 2 aliphatic heterocycles. The van der Waals surface area contributed by atoms with Gasteiger partial charge in [-0.1, -0.05) is 25.1 Å². The lowest BCUT2D eigenvalue weighted by Gasteiger charge is -2.31. The van der Waals surface area contributed by atoms with Gasteiger partial charge in [0, 0.05) is 16.5 Å². The van der Waals surface area contributed by atoms with Crippen molar-refractivity contribution in [3.8, 4) is 11.4 Å². The molecular formula is C22H16Br2N2O4. The van der Waals surface area contributed by atoms with Crippen LogP contribution in [-0.2, 0) is 28.3 Å². The van der Waals surface area contributed by atoms with E-state index in [1.54, 1.807) is 17.6 Å². The molecular weight excluding hydrogens is 516 g/mol. The van der Waals surface area contributed by atoms with Gasteiger partial charge in [0.15, 0.2) is 5.60 Å². The monoisotopic (exact) mass is 530 g/mol. The number of pyridine rings is 2. The number of aliphatic hydroxyl groups is 1. The minimum atomic E-state index is -1.83. The molecule has 8 heteroatoms. The topological polar surface area (TPSA) is 81.4 Å². The number of aromatic nitrogens is 2. The predicted octanol–water partition coefficient (Wildman–Crippen LogP) is 4.17. The Hall–Kier alpha value is -2.29. The molecule has 0 saturated heterocycles. The highest BCUT2D eigenvalue weighted by Gasteiger charge is 2.45. The van der Waals surface area contributed by atoms with Gasteiger partial charge in [0.2, 0.25) is 0 Å². The van der Waals surface area contributed by atoms with Crippen molar-refractivity contribution in [2.75, 3.05) is 0 Å². The molecule has 152 valence electrons. The van der Waals surface area contributed by atoms with E-state index in [9.17, 15) is 14.7 Å². The van der Waals surface area contributed by atoms with Crippen LogP contribution in [0, 0.1) is 0 Å². The molecule has 0 saturated carbocycles. The standard InChI is InChI=1S/C22H16Br2N2O4/c1-2-22(29)15-8-17-19-13(9-26(17)20(27)14(15)10-30-21(22)28)12(7-18(23)24)11-5-3-4-6-16(11)25-19/h3-8,29H,2,9-10H2,1H3/t22-/m0/s1. The number of benzene rings is 1. The van der Waals surface area contributed by atoms with Crippen molar-refractivity contribution < 1.29 is 14.6 Å². The van der Waals surface area contributed by atoms with E-state index in [0.29, 0.717) is 29.1 Å². The van der Waals surface area contributed by atoms with E-state index in [1.165, 1.54) is 0 Å². The summed E-state index contributed by atoms with van der Waals surface area (Å²) in [4.78, 5) is 30.4. The van der Waals surface area contributed by atoms with Gasteiger partial charge >= 0.3 is 5.97 Å². The summed E-state index contributed by atoms with van der Waals surface area (Å²) in [6.45, 7) is 1.91. The fourth-order valence-electron chi connectivity index (χ4n) is 4.33. The number of para-hydroxylation sites is 1. The van der Waals surface area contributed by atoms with Gasteiger partial charge in [-0.05, 0) is 62.1 Å². The third-order valence-corrected chi connectivity index (χ3v) is 6.35. The SMILES string of the molecule is CC[C@@]1(O)C(=O)OCc2c1cc1n(c2=O)Cc2c-1nc1ccccc1c2C=C(Br)Br. The average Bonchev–Trinajstić information content (AvgIpc) is 3.10. The number of cyclic esters (lactones) is 1. The molecule has 0 bridgehead atoms. The number of nitrogens with zero attached hydrogens (tertiary/aromatic N) is 2. The Kier molecular flexibility index (Phi) is 4.50. The van der Waals surface area contributed by atoms with Crippen molar-refractivity contribution in [3.05, 3.63) is 66.3 Å². The first-order chi connectivity index (χ1) is 14.3. The van der Waals surface area contributed by atoms with Crippen LogP contribution in [0.25, 0.3) is 28.4 Å². The Bertz CT molecular complexity index is 1340. The molecule has 1 atom stereocenters. The van der Waals surface area contributed by atoms with Gasteiger partial charge in [-0.25, -0.2) is 9.78 Å². The second-order valence-corrected chi connectivity index (χ2v) is 10.2. The number of hydrogen-bond acceptors (Lipinski definition) is 5. The predicted molar refractivity (Wildman–Crippen MR) is 120 cm³/mol. The number of rotatable bonds is 2. The molecule has 1 N–H and O–H groups in total. The second-order valence-electron chi connectivity index (χ2n) is 7.41. The smallest absolute Gasteiger partial charge is 0.343 e. The van der Waals surface area contributed by atoms with Gasteiger partial charge in [-0.3, -0.25) is 4.79 Å². The number of carbonyl (C=O) groups is 1. The quantitative estimate of drug-likeness (QED) is 0.393. The summed E-state index contributed by atoms with van der Waals surface area (Å²) in [5.41, 5.74) is 2.49. The lowest BCUT2D eigenvalue weighted by atomic mass is 9.86. The van der Waals surface area contributed by atoms with Crippen LogP contribution in [0.1, 0.15) is 35.6 Å². The summed E-state index contributed by atoms with van der Waals surface area (Å²) in [5, 5.41) is 12.0. The highest BCUT2D eigenvalue weighted by atomic mass is 79.9. The molecule has 0 unspecified atom stereocenters. The van der Waals surface area contributed by atoms with E-state index >= 15 is 0 Å². The molecule has 0 aliphatic carbocycles. The van der Waals surface area contributed by atoms with Gasteiger partial charge in [0.25, 0.3) is 5.56 Å².